The Balaban J connectivity index is 1.88. The topological polar surface area (TPSA) is 49.9 Å². The molecule has 0 saturated carbocycles. The predicted octanol–water partition coefficient (Wildman–Crippen LogP) is 0.769. The second-order valence-corrected chi connectivity index (χ2v) is 7.86. The summed E-state index contributed by atoms with van der Waals surface area (Å²) in [6.45, 7) is 4.32. The molecule has 0 aromatic carbocycles. The van der Waals surface area contributed by atoms with Crippen LogP contribution in [0, 0.1) is 5.92 Å². The Morgan fingerprint density at radius 1 is 1.21 bits per heavy atom. The Hall–Kier alpha value is -0.170. The number of rotatable bonds is 5. The number of nitrogens with zero attached hydrogens (tertiary/aromatic N) is 2. The number of hydrogen-bond donors (Lipinski definition) is 0. The van der Waals surface area contributed by atoms with Gasteiger partial charge >= 0.3 is 0 Å². The molecule has 2 atom stereocenters. The summed E-state index contributed by atoms with van der Waals surface area (Å²) < 4.78 is 30.2. The molecule has 2 fully saturated rings. The van der Waals surface area contributed by atoms with Crippen molar-refractivity contribution in [3.63, 3.8) is 0 Å². The van der Waals surface area contributed by atoms with Gasteiger partial charge in [-0.3, -0.25) is 4.90 Å². The smallest absolute Gasteiger partial charge is 0.211 e. The van der Waals surface area contributed by atoms with Gasteiger partial charge in [0.2, 0.25) is 10.0 Å². The van der Waals surface area contributed by atoms with Crippen molar-refractivity contribution in [2.75, 3.05) is 46.2 Å². The average molecular weight is 290 g/mol. The van der Waals surface area contributed by atoms with E-state index < -0.39 is 10.0 Å². The lowest BCUT2D eigenvalue weighted by Crippen LogP contribution is -2.45. The highest BCUT2D eigenvalue weighted by Gasteiger charge is 2.30. The molecule has 0 amide bonds. The minimum Gasteiger partial charge on any atom is -0.383 e. The van der Waals surface area contributed by atoms with Crippen molar-refractivity contribution in [3.8, 4) is 0 Å². The molecule has 6 heteroatoms. The van der Waals surface area contributed by atoms with Gasteiger partial charge in [-0.1, -0.05) is 0 Å². The van der Waals surface area contributed by atoms with Gasteiger partial charge in [-0.25, -0.2) is 12.7 Å². The van der Waals surface area contributed by atoms with E-state index in [2.05, 4.69) is 4.90 Å². The maximum atomic E-state index is 11.6. The van der Waals surface area contributed by atoms with Crippen molar-refractivity contribution in [2.24, 2.45) is 5.92 Å². The molecule has 0 N–H and O–H groups in total. The SMILES string of the molecule is COC[C@@H]1CCCN1C[C@H]1CCCN(S(C)(=O)=O)C1. The van der Waals surface area contributed by atoms with E-state index in [0.29, 0.717) is 25.0 Å². The maximum absolute atomic E-state index is 11.6. The second kappa shape index (κ2) is 6.52. The molecule has 19 heavy (non-hydrogen) atoms. The van der Waals surface area contributed by atoms with E-state index in [9.17, 15) is 8.42 Å². The van der Waals surface area contributed by atoms with Gasteiger partial charge in [0, 0.05) is 32.8 Å². The third-order valence-electron chi connectivity index (χ3n) is 4.30. The zero-order valence-corrected chi connectivity index (χ0v) is 12.9. The summed E-state index contributed by atoms with van der Waals surface area (Å²) in [5.74, 6) is 0.473. The Bertz CT molecular complexity index is 385. The highest BCUT2D eigenvalue weighted by atomic mass is 32.2. The fourth-order valence-corrected chi connectivity index (χ4v) is 4.27. The van der Waals surface area contributed by atoms with E-state index in [4.69, 9.17) is 4.74 Å². The van der Waals surface area contributed by atoms with Crippen molar-refractivity contribution in [3.05, 3.63) is 0 Å². The van der Waals surface area contributed by atoms with E-state index in [-0.39, 0.29) is 0 Å². The van der Waals surface area contributed by atoms with E-state index in [1.165, 1.54) is 19.1 Å². The van der Waals surface area contributed by atoms with Gasteiger partial charge in [-0.05, 0) is 38.1 Å². The normalized spacial score (nSPS) is 30.8. The first kappa shape index (κ1) is 15.2. The number of ether oxygens (including phenoxy) is 1. The van der Waals surface area contributed by atoms with Crippen LogP contribution in [0.2, 0.25) is 0 Å². The molecule has 0 bridgehead atoms. The molecular weight excluding hydrogens is 264 g/mol. The molecule has 2 aliphatic rings. The highest BCUT2D eigenvalue weighted by molar-refractivity contribution is 7.88. The molecule has 2 aliphatic heterocycles. The molecule has 2 rings (SSSR count). The molecule has 5 nitrogen and oxygen atoms in total. The van der Waals surface area contributed by atoms with Crippen LogP contribution < -0.4 is 0 Å². The van der Waals surface area contributed by atoms with Crippen molar-refractivity contribution in [1.82, 2.24) is 9.21 Å². The lowest BCUT2D eigenvalue weighted by molar-refractivity contribution is 0.0962. The summed E-state index contributed by atoms with van der Waals surface area (Å²) in [6.07, 6.45) is 5.88. The molecule has 0 radical (unpaired) electrons. The van der Waals surface area contributed by atoms with Crippen molar-refractivity contribution >= 4 is 10.0 Å². The summed E-state index contributed by atoms with van der Waals surface area (Å²) in [5, 5.41) is 0. The molecule has 0 spiro atoms. The zero-order chi connectivity index (χ0) is 13.9. The largest absolute Gasteiger partial charge is 0.383 e. The van der Waals surface area contributed by atoms with E-state index in [1.807, 2.05) is 0 Å². The first-order valence-electron chi connectivity index (χ1n) is 7.19. The van der Waals surface area contributed by atoms with Crippen LogP contribution in [0.25, 0.3) is 0 Å². The first-order chi connectivity index (χ1) is 9.00. The summed E-state index contributed by atoms with van der Waals surface area (Å²) >= 11 is 0. The summed E-state index contributed by atoms with van der Waals surface area (Å²) in [6, 6.07) is 0.526. The van der Waals surface area contributed by atoms with Crippen LogP contribution in [-0.4, -0.2) is 69.8 Å². The molecule has 0 unspecified atom stereocenters. The van der Waals surface area contributed by atoms with Crippen LogP contribution in [0.3, 0.4) is 0 Å². The molecular formula is C13H26N2O3S. The second-order valence-electron chi connectivity index (χ2n) is 5.88. The average Bonchev–Trinajstić information content (AvgIpc) is 2.77. The highest BCUT2D eigenvalue weighted by Crippen LogP contribution is 2.24. The number of likely N-dealkylation sites (tertiary alicyclic amines) is 1. The standard InChI is InChI=1S/C13H26N2O3S/c1-18-11-13-6-4-7-14(13)9-12-5-3-8-15(10-12)19(2,16)17/h12-13H,3-11H2,1-2H3/t12-,13+/m1/s1. The minimum absolute atomic E-state index is 0.473. The summed E-state index contributed by atoms with van der Waals surface area (Å²) in [7, 11) is -1.27. The van der Waals surface area contributed by atoms with Gasteiger partial charge in [0.1, 0.15) is 0 Å². The first-order valence-corrected chi connectivity index (χ1v) is 9.03. The zero-order valence-electron chi connectivity index (χ0n) is 12.0. The van der Waals surface area contributed by atoms with Crippen LogP contribution in [0.1, 0.15) is 25.7 Å². The molecule has 112 valence electrons. The van der Waals surface area contributed by atoms with Gasteiger partial charge in [-0.2, -0.15) is 0 Å². The quantitative estimate of drug-likeness (QED) is 0.750. The van der Waals surface area contributed by atoms with Crippen LogP contribution in [0.15, 0.2) is 0 Å². The van der Waals surface area contributed by atoms with Crippen LogP contribution in [-0.2, 0) is 14.8 Å². The van der Waals surface area contributed by atoms with Crippen molar-refractivity contribution in [1.29, 1.82) is 0 Å². The third-order valence-corrected chi connectivity index (χ3v) is 5.57. The number of hydrogen-bond acceptors (Lipinski definition) is 4. The van der Waals surface area contributed by atoms with Crippen LogP contribution in [0.5, 0.6) is 0 Å². The lowest BCUT2D eigenvalue weighted by atomic mass is 9.99. The maximum Gasteiger partial charge on any atom is 0.211 e. The Morgan fingerprint density at radius 3 is 2.63 bits per heavy atom. The Labute approximate surface area is 117 Å². The fraction of sp³-hybridized carbons (Fsp3) is 1.00. The van der Waals surface area contributed by atoms with Gasteiger partial charge in [0.05, 0.1) is 12.9 Å². The Morgan fingerprint density at radius 2 is 1.95 bits per heavy atom. The number of piperidine rings is 1. The minimum atomic E-state index is -3.03. The predicted molar refractivity (Wildman–Crippen MR) is 75.6 cm³/mol. The fourth-order valence-electron chi connectivity index (χ4n) is 3.33. The number of sulfonamides is 1. The van der Waals surface area contributed by atoms with Gasteiger partial charge < -0.3 is 4.74 Å². The third kappa shape index (κ3) is 4.15. The Kier molecular flexibility index (Phi) is 5.22. The van der Waals surface area contributed by atoms with Gasteiger partial charge in [0.25, 0.3) is 0 Å². The van der Waals surface area contributed by atoms with Gasteiger partial charge in [-0.15, -0.1) is 0 Å². The van der Waals surface area contributed by atoms with E-state index >= 15 is 0 Å². The molecule has 0 aromatic heterocycles. The van der Waals surface area contributed by atoms with Crippen molar-refractivity contribution < 1.29 is 13.2 Å². The summed E-state index contributed by atoms with van der Waals surface area (Å²) in [5.41, 5.74) is 0. The molecule has 2 saturated heterocycles. The monoisotopic (exact) mass is 290 g/mol. The number of methoxy groups -OCH3 is 1. The van der Waals surface area contributed by atoms with E-state index in [1.54, 1.807) is 11.4 Å². The summed E-state index contributed by atoms with van der Waals surface area (Å²) in [4.78, 5) is 2.49. The van der Waals surface area contributed by atoms with Crippen molar-refractivity contribution in [2.45, 2.75) is 31.7 Å². The lowest BCUT2D eigenvalue weighted by Gasteiger charge is -2.35. The van der Waals surface area contributed by atoms with Crippen LogP contribution >= 0.6 is 0 Å². The molecule has 0 aliphatic carbocycles. The van der Waals surface area contributed by atoms with Gasteiger partial charge in [0.15, 0.2) is 0 Å². The molecule has 0 aromatic rings. The molecule has 2 heterocycles. The van der Waals surface area contributed by atoms with Crippen LogP contribution in [0.4, 0.5) is 0 Å². The van der Waals surface area contributed by atoms with E-state index in [0.717, 1.165) is 32.5 Å².